The molecule has 1 aromatic carbocycles. The molecule has 1 aliphatic rings. The molecule has 0 aliphatic carbocycles. The number of ether oxygens (including phenoxy) is 1. The van der Waals surface area contributed by atoms with Crippen LogP contribution < -0.4 is 4.90 Å². The predicted molar refractivity (Wildman–Crippen MR) is 120 cm³/mol. The van der Waals surface area contributed by atoms with E-state index in [4.69, 9.17) is 4.74 Å². The highest BCUT2D eigenvalue weighted by atomic mass is 32.2. The monoisotopic (exact) mass is 468 g/mol. The third-order valence-corrected chi connectivity index (χ3v) is 8.46. The van der Waals surface area contributed by atoms with E-state index in [0.29, 0.717) is 18.8 Å². The molecule has 162 valence electrons. The van der Waals surface area contributed by atoms with Crippen LogP contribution in [0.4, 0.5) is 5.69 Å². The molecule has 0 atom stereocenters. The topological polar surface area (TPSA) is 84.0 Å². The zero-order chi connectivity index (χ0) is 21.7. The van der Waals surface area contributed by atoms with E-state index in [2.05, 4.69) is 0 Å². The van der Waals surface area contributed by atoms with Gasteiger partial charge in [-0.1, -0.05) is 18.2 Å². The van der Waals surface area contributed by atoms with Crippen LogP contribution in [0.1, 0.15) is 23.5 Å². The molecule has 7 nitrogen and oxygen atoms in total. The van der Waals surface area contributed by atoms with E-state index in [1.807, 2.05) is 32.0 Å². The van der Waals surface area contributed by atoms with Crippen LogP contribution in [0, 0.1) is 0 Å². The molecule has 2 heterocycles. The molecule has 1 saturated heterocycles. The molecule has 10 heteroatoms. The molecular formula is C20H24N2O5S3. The minimum Gasteiger partial charge on any atom is -0.451 e. The van der Waals surface area contributed by atoms with Gasteiger partial charge in [-0.2, -0.15) is 16.1 Å². The smallest absolute Gasteiger partial charge is 0.350 e. The number of thiophene rings is 1. The second kappa shape index (κ2) is 9.95. The normalized spacial score (nSPS) is 15.2. The van der Waals surface area contributed by atoms with Crippen molar-refractivity contribution in [1.82, 2.24) is 4.31 Å². The number of sulfonamides is 1. The summed E-state index contributed by atoms with van der Waals surface area (Å²) in [6.07, 6.45) is 0. The molecule has 0 unspecified atom stereocenters. The van der Waals surface area contributed by atoms with Gasteiger partial charge < -0.3 is 9.64 Å². The van der Waals surface area contributed by atoms with Crippen molar-refractivity contribution in [2.24, 2.45) is 0 Å². The number of amides is 1. The van der Waals surface area contributed by atoms with E-state index in [0.717, 1.165) is 22.8 Å². The van der Waals surface area contributed by atoms with Gasteiger partial charge in [0.15, 0.2) is 6.61 Å². The van der Waals surface area contributed by atoms with Crippen molar-refractivity contribution in [1.29, 1.82) is 0 Å². The molecule has 1 fully saturated rings. The second-order valence-corrected chi connectivity index (χ2v) is 10.9. The number of carbonyl (C=O) groups is 2. The van der Waals surface area contributed by atoms with Gasteiger partial charge in [-0.05, 0) is 37.4 Å². The van der Waals surface area contributed by atoms with Crippen LogP contribution in [0.15, 0.2) is 46.7 Å². The van der Waals surface area contributed by atoms with Gasteiger partial charge in [0.2, 0.25) is 10.0 Å². The van der Waals surface area contributed by atoms with Crippen LogP contribution in [0.5, 0.6) is 0 Å². The Bertz CT molecular complexity index is 983. The fourth-order valence-corrected chi connectivity index (χ4v) is 7.02. The first-order valence-electron chi connectivity index (χ1n) is 9.52. The summed E-state index contributed by atoms with van der Waals surface area (Å²) < 4.78 is 32.5. The fraction of sp³-hybridized carbons (Fsp3) is 0.400. The Kier molecular flexibility index (Phi) is 7.56. The summed E-state index contributed by atoms with van der Waals surface area (Å²) in [4.78, 5) is 26.8. The van der Waals surface area contributed by atoms with E-state index in [1.165, 1.54) is 10.4 Å². The SMILES string of the molecule is CC(C)N(C(=O)COC(=O)c1sccc1S(=O)(=O)N1CCSCC1)c1ccccc1. The minimum absolute atomic E-state index is 0.00293. The van der Waals surface area contributed by atoms with Crippen LogP contribution in [0.2, 0.25) is 0 Å². The van der Waals surface area contributed by atoms with E-state index in [1.54, 1.807) is 34.2 Å². The predicted octanol–water partition coefficient (Wildman–Crippen LogP) is 3.08. The first kappa shape index (κ1) is 22.8. The third kappa shape index (κ3) is 5.05. The summed E-state index contributed by atoms with van der Waals surface area (Å²) >= 11 is 2.70. The van der Waals surface area contributed by atoms with Crippen molar-refractivity contribution in [3.8, 4) is 0 Å². The largest absolute Gasteiger partial charge is 0.451 e. The molecule has 2 aromatic rings. The van der Waals surface area contributed by atoms with Gasteiger partial charge in [-0.25, -0.2) is 13.2 Å². The maximum atomic E-state index is 12.9. The lowest BCUT2D eigenvalue weighted by Crippen LogP contribution is -2.40. The number of esters is 1. The Morgan fingerprint density at radius 1 is 1.13 bits per heavy atom. The summed E-state index contributed by atoms with van der Waals surface area (Å²) in [6.45, 7) is 4.09. The third-order valence-electron chi connectivity index (χ3n) is 4.55. The Morgan fingerprint density at radius 3 is 2.43 bits per heavy atom. The molecule has 0 saturated carbocycles. The van der Waals surface area contributed by atoms with E-state index < -0.39 is 22.6 Å². The number of thioether (sulfide) groups is 1. The number of carbonyl (C=O) groups excluding carboxylic acids is 2. The number of nitrogens with zero attached hydrogens (tertiary/aromatic N) is 2. The minimum atomic E-state index is -3.77. The second-order valence-electron chi connectivity index (χ2n) is 6.90. The van der Waals surface area contributed by atoms with Crippen LogP contribution in [0.25, 0.3) is 0 Å². The van der Waals surface area contributed by atoms with Crippen LogP contribution >= 0.6 is 23.1 Å². The molecule has 0 N–H and O–H groups in total. The van der Waals surface area contributed by atoms with Gasteiger partial charge in [-0.3, -0.25) is 4.79 Å². The van der Waals surface area contributed by atoms with Gasteiger partial charge in [0.05, 0.1) is 0 Å². The van der Waals surface area contributed by atoms with E-state index in [-0.39, 0.29) is 21.7 Å². The van der Waals surface area contributed by atoms with E-state index >= 15 is 0 Å². The molecule has 1 aliphatic heterocycles. The quantitative estimate of drug-likeness (QED) is 0.581. The molecule has 0 bridgehead atoms. The number of hydrogen-bond donors (Lipinski definition) is 0. The summed E-state index contributed by atoms with van der Waals surface area (Å²) in [5.41, 5.74) is 0.705. The highest BCUT2D eigenvalue weighted by molar-refractivity contribution is 7.99. The summed E-state index contributed by atoms with van der Waals surface area (Å²) in [6, 6.07) is 10.4. The van der Waals surface area contributed by atoms with Crippen molar-refractivity contribution in [3.63, 3.8) is 0 Å². The number of anilines is 1. The highest BCUT2D eigenvalue weighted by Crippen LogP contribution is 2.28. The zero-order valence-corrected chi connectivity index (χ0v) is 19.3. The first-order valence-corrected chi connectivity index (χ1v) is 13.0. The number of para-hydroxylation sites is 1. The molecule has 0 radical (unpaired) electrons. The Morgan fingerprint density at radius 2 is 1.80 bits per heavy atom. The van der Waals surface area contributed by atoms with Crippen LogP contribution in [-0.2, 0) is 19.6 Å². The van der Waals surface area contributed by atoms with Gasteiger partial charge in [0.25, 0.3) is 5.91 Å². The average Bonchev–Trinajstić information content (AvgIpc) is 3.24. The lowest BCUT2D eigenvalue weighted by molar-refractivity contribution is -0.122. The first-order chi connectivity index (χ1) is 14.3. The highest BCUT2D eigenvalue weighted by Gasteiger charge is 2.32. The lowest BCUT2D eigenvalue weighted by atomic mass is 10.2. The van der Waals surface area contributed by atoms with Crippen LogP contribution in [-0.4, -0.2) is 61.8 Å². The lowest BCUT2D eigenvalue weighted by Gasteiger charge is -2.27. The average molecular weight is 469 g/mol. The molecule has 1 amide bonds. The van der Waals surface area contributed by atoms with Crippen molar-refractivity contribution in [2.45, 2.75) is 24.8 Å². The Hall–Kier alpha value is -1.88. The van der Waals surface area contributed by atoms with Gasteiger partial charge >= 0.3 is 5.97 Å². The molecule has 3 rings (SSSR count). The van der Waals surface area contributed by atoms with Gasteiger partial charge in [0, 0.05) is 36.3 Å². The van der Waals surface area contributed by atoms with Crippen molar-refractivity contribution in [3.05, 3.63) is 46.7 Å². The van der Waals surface area contributed by atoms with E-state index in [9.17, 15) is 18.0 Å². The number of benzene rings is 1. The molecule has 1 aromatic heterocycles. The maximum Gasteiger partial charge on any atom is 0.350 e. The number of rotatable bonds is 7. The van der Waals surface area contributed by atoms with Gasteiger partial charge in [0.1, 0.15) is 9.77 Å². The Balaban J connectivity index is 1.71. The van der Waals surface area contributed by atoms with Gasteiger partial charge in [-0.15, -0.1) is 11.3 Å². The zero-order valence-electron chi connectivity index (χ0n) is 16.8. The summed E-state index contributed by atoms with van der Waals surface area (Å²) in [7, 11) is -3.77. The number of hydrogen-bond acceptors (Lipinski definition) is 7. The van der Waals surface area contributed by atoms with Crippen molar-refractivity contribution < 1.29 is 22.7 Å². The summed E-state index contributed by atoms with van der Waals surface area (Å²) in [5, 5.41) is 1.55. The molecule has 0 spiro atoms. The maximum absolute atomic E-state index is 12.9. The molecule has 30 heavy (non-hydrogen) atoms. The van der Waals surface area contributed by atoms with Crippen molar-refractivity contribution in [2.75, 3.05) is 36.1 Å². The van der Waals surface area contributed by atoms with Crippen molar-refractivity contribution >= 4 is 50.7 Å². The standard InChI is InChI=1S/C20H24N2O5S3/c1-15(2)22(16-6-4-3-5-7-16)18(23)14-27-20(24)19-17(8-11-29-19)30(25,26)21-9-12-28-13-10-21/h3-8,11,15H,9-10,12-14H2,1-2H3. The summed E-state index contributed by atoms with van der Waals surface area (Å²) in [5.74, 6) is 0.267. The molecular weight excluding hydrogens is 444 g/mol. The fourth-order valence-electron chi connectivity index (χ4n) is 3.16. The Labute approximate surface area is 185 Å². The van der Waals surface area contributed by atoms with Crippen LogP contribution in [0.3, 0.4) is 0 Å².